The first-order valence-electron chi connectivity index (χ1n) is 6.11. The molecule has 0 saturated heterocycles. The molecule has 0 aliphatic heterocycles. The van der Waals surface area contributed by atoms with Crippen LogP contribution in [0.3, 0.4) is 0 Å². The van der Waals surface area contributed by atoms with Crippen LogP contribution in [0.2, 0.25) is 0 Å². The molecule has 0 spiro atoms. The van der Waals surface area contributed by atoms with E-state index in [1.165, 1.54) is 0 Å². The number of nitrogens with two attached hydrogens (primary N) is 1. The third kappa shape index (κ3) is 2.93. The van der Waals surface area contributed by atoms with Gasteiger partial charge in [0, 0.05) is 11.8 Å². The Morgan fingerprint density at radius 2 is 2.15 bits per heavy atom. The number of aryl methyl sites for hydroxylation is 1. The molecule has 0 radical (unpaired) electrons. The normalized spacial score (nSPS) is 10.6. The summed E-state index contributed by atoms with van der Waals surface area (Å²) in [5.41, 5.74) is 5.26. The number of amides is 1. The molecule has 1 amide bonds. The fourth-order valence-corrected chi connectivity index (χ4v) is 1.78. The van der Waals surface area contributed by atoms with Crippen LogP contribution >= 0.6 is 0 Å². The number of nitrogens with zero attached hydrogens (tertiary/aromatic N) is 1. The second-order valence-corrected chi connectivity index (χ2v) is 4.34. The minimum absolute atomic E-state index is 0.251. The second-order valence-electron chi connectivity index (χ2n) is 4.34. The van der Waals surface area contributed by atoms with Gasteiger partial charge in [0.2, 0.25) is 0 Å². The summed E-state index contributed by atoms with van der Waals surface area (Å²) in [4.78, 5) is 11.9. The summed E-state index contributed by atoms with van der Waals surface area (Å²) < 4.78 is 26.8. The van der Waals surface area contributed by atoms with Gasteiger partial charge in [-0.2, -0.15) is 5.10 Å². The van der Waals surface area contributed by atoms with Gasteiger partial charge < -0.3 is 11.1 Å². The van der Waals surface area contributed by atoms with Crippen molar-refractivity contribution in [1.82, 2.24) is 10.2 Å². The van der Waals surface area contributed by atoms with E-state index in [1.807, 2.05) is 6.92 Å². The highest BCUT2D eigenvalue weighted by Gasteiger charge is 2.17. The lowest BCUT2D eigenvalue weighted by molar-refractivity contribution is 0.102. The Hall–Kier alpha value is -2.44. The number of benzene rings is 1. The number of nitrogen functional groups attached to an aromatic ring is 1. The maximum absolute atomic E-state index is 13.7. The van der Waals surface area contributed by atoms with Gasteiger partial charge in [-0.1, -0.05) is 13.3 Å². The van der Waals surface area contributed by atoms with Gasteiger partial charge in [0.1, 0.15) is 5.82 Å². The zero-order valence-corrected chi connectivity index (χ0v) is 10.8. The Balaban J connectivity index is 2.19. The topological polar surface area (TPSA) is 83.8 Å². The monoisotopic (exact) mass is 280 g/mol. The van der Waals surface area contributed by atoms with Crippen molar-refractivity contribution in [2.75, 3.05) is 11.1 Å². The van der Waals surface area contributed by atoms with Crippen molar-refractivity contribution < 1.29 is 13.6 Å². The van der Waals surface area contributed by atoms with Gasteiger partial charge >= 0.3 is 0 Å². The van der Waals surface area contributed by atoms with E-state index < -0.39 is 28.8 Å². The molecule has 106 valence electrons. The van der Waals surface area contributed by atoms with Gasteiger partial charge in [0.25, 0.3) is 5.91 Å². The number of nitrogens with one attached hydrogen (secondary N) is 2. The Kier molecular flexibility index (Phi) is 3.97. The average molecular weight is 280 g/mol. The van der Waals surface area contributed by atoms with E-state index >= 15 is 0 Å². The first-order chi connectivity index (χ1) is 9.51. The molecule has 7 heteroatoms. The molecule has 0 atom stereocenters. The highest BCUT2D eigenvalue weighted by molar-refractivity contribution is 6.04. The third-order valence-corrected chi connectivity index (χ3v) is 2.70. The van der Waals surface area contributed by atoms with Crippen molar-refractivity contribution in [1.29, 1.82) is 0 Å². The molecular weight excluding hydrogens is 266 g/mol. The predicted octanol–water partition coefficient (Wildman–Crippen LogP) is 2.47. The fourth-order valence-electron chi connectivity index (χ4n) is 1.78. The molecule has 0 bridgehead atoms. The zero-order valence-electron chi connectivity index (χ0n) is 10.8. The van der Waals surface area contributed by atoms with E-state index in [0.717, 1.165) is 30.7 Å². The number of hydrogen-bond donors (Lipinski definition) is 3. The van der Waals surface area contributed by atoms with E-state index in [9.17, 15) is 13.6 Å². The van der Waals surface area contributed by atoms with Gasteiger partial charge in [0.05, 0.1) is 11.3 Å². The van der Waals surface area contributed by atoms with Gasteiger partial charge in [-0.25, -0.2) is 8.78 Å². The number of rotatable bonds is 4. The smallest absolute Gasteiger partial charge is 0.260 e. The van der Waals surface area contributed by atoms with Crippen molar-refractivity contribution >= 4 is 17.4 Å². The highest BCUT2D eigenvalue weighted by Crippen LogP contribution is 2.18. The van der Waals surface area contributed by atoms with Crippen molar-refractivity contribution in [3.05, 3.63) is 41.1 Å². The van der Waals surface area contributed by atoms with Crippen LogP contribution in [0.25, 0.3) is 0 Å². The number of aromatic amines is 1. The van der Waals surface area contributed by atoms with Gasteiger partial charge in [-0.15, -0.1) is 0 Å². The number of carbonyl (C=O) groups is 1. The average Bonchev–Trinajstić information content (AvgIpc) is 2.81. The first kappa shape index (κ1) is 14.0. The number of anilines is 2. The van der Waals surface area contributed by atoms with E-state index in [4.69, 9.17) is 5.73 Å². The zero-order chi connectivity index (χ0) is 14.7. The first-order valence-corrected chi connectivity index (χ1v) is 6.11. The summed E-state index contributed by atoms with van der Waals surface area (Å²) in [6.45, 7) is 2.00. The quantitative estimate of drug-likeness (QED) is 0.752. The van der Waals surface area contributed by atoms with Crippen LogP contribution in [0.15, 0.2) is 18.2 Å². The molecule has 20 heavy (non-hydrogen) atoms. The third-order valence-electron chi connectivity index (χ3n) is 2.70. The predicted molar refractivity (Wildman–Crippen MR) is 71.3 cm³/mol. The summed E-state index contributed by atoms with van der Waals surface area (Å²) in [5.74, 6) is -2.28. The van der Waals surface area contributed by atoms with Crippen molar-refractivity contribution in [2.24, 2.45) is 0 Å². The lowest BCUT2D eigenvalue weighted by Gasteiger charge is -2.05. The lowest BCUT2D eigenvalue weighted by atomic mass is 10.1. The molecule has 0 fully saturated rings. The van der Waals surface area contributed by atoms with Crippen molar-refractivity contribution in [3.63, 3.8) is 0 Å². The van der Waals surface area contributed by atoms with Crippen LogP contribution in [-0.4, -0.2) is 16.1 Å². The molecule has 1 heterocycles. The molecule has 2 rings (SSSR count). The van der Waals surface area contributed by atoms with Crippen LogP contribution in [-0.2, 0) is 6.42 Å². The van der Waals surface area contributed by atoms with Crippen LogP contribution in [0.1, 0.15) is 29.4 Å². The minimum atomic E-state index is -0.951. The Labute approximate surface area is 114 Å². The molecule has 1 aromatic heterocycles. The fraction of sp³-hybridized carbons (Fsp3) is 0.231. The second kappa shape index (κ2) is 5.68. The number of hydrogen-bond acceptors (Lipinski definition) is 3. The summed E-state index contributed by atoms with van der Waals surface area (Å²) in [5, 5.41) is 9.00. The van der Waals surface area contributed by atoms with Gasteiger partial charge in [0.15, 0.2) is 11.6 Å². The summed E-state index contributed by atoms with van der Waals surface area (Å²) in [6.07, 6.45) is 1.70. The molecule has 4 N–H and O–H groups in total. The molecule has 0 unspecified atom stereocenters. The Bertz CT molecular complexity index is 639. The van der Waals surface area contributed by atoms with Crippen molar-refractivity contribution in [2.45, 2.75) is 19.8 Å². The molecule has 0 aliphatic rings. The molecule has 1 aromatic carbocycles. The van der Waals surface area contributed by atoms with Crippen molar-refractivity contribution in [3.8, 4) is 0 Å². The Morgan fingerprint density at radius 1 is 1.40 bits per heavy atom. The SMILES string of the molecule is CCCc1cc(NC(=O)c2cc(F)cc(N)c2F)n[nH]1. The van der Waals surface area contributed by atoms with E-state index in [1.54, 1.807) is 6.07 Å². The minimum Gasteiger partial charge on any atom is -0.396 e. The maximum Gasteiger partial charge on any atom is 0.260 e. The molecule has 2 aromatic rings. The summed E-state index contributed by atoms with van der Waals surface area (Å²) >= 11 is 0. The van der Waals surface area contributed by atoms with Gasteiger partial charge in [-0.05, 0) is 18.6 Å². The standard InChI is InChI=1S/C13H14F2N4O/c1-2-3-8-6-11(19-18-8)17-13(20)9-4-7(14)5-10(16)12(9)15/h4-6H,2-3,16H2,1H3,(H2,17,18,19,20). The largest absolute Gasteiger partial charge is 0.396 e. The highest BCUT2D eigenvalue weighted by atomic mass is 19.1. The number of carbonyl (C=O) groups excluding carboxylic acids is 1. The van der Waals surface area contributed by atoms with E-state index in [-0.39, 0.29) is 5.82 Å². The van der Waals surface area contributed by atoms with E-state index in [0.29, 0.717) is 0 Å². The number of H-pyrrole nitrogens is 1. The van der Waals surface area contributed by atoms with Crippen LogP contribution < -0.4 is 11.1 Å². The molecular formula is C13H14F2N4O. The van der Waals surface area contributed by atoms with E-state index in [2.05, 4.69) is 15.5 Å². The molecule has 5 nitrogen and oxygen atoms in total. The summed E-state index contributed by atoms with van der Waals surface area (Å²) in [7, 11) is 0. The number of aromatic nitrogens is 2. The molecule has 0 aliphatic carbocycles. The lowest BCUT2D eigenvalue weighted by Crippen LogP contribution is -2.15. The Morgan fingerprint density at radius 3 is 2.85 bits per heavy atom. The van der Waals surface area contributed by atoms with Crippen LogP contribution in [0.4, 0.5) is 20.3 Å². The summed E-state index contributed by atoms with van der Waals surface area (Å²) in [6, 6.07) is 3.25. The maximum atomic E-state index is 13.7. The van der Waals surface area contributed by atoms with Crippen LogP contribution in [0, 0.1) is 11.6 Å². The molecule has 0 saturated carbocycles. The van der Waals surface area contributed by atoms with Crippen LogP contribution in [0.5, 0.6) is 0 Å². The van der Waals surface area contributed by atoms with Gasteiger partial charge in [-0.3, -0.25) is 9.89 Å². The number of halogens is 2.